The normalized spacial score (nSPS) is 21.5. The third-order valence-electron chi connectivity index (χ3n) is 11.5. The number of carbonyl (C=O) groups is 5. The molecule has 3 aromatic rings. The third kappa shape index (κ3) is 13.5. The number of ether oxygens (including phenoxy) is 3. The summed E-state index contributed by atoms with van der Waals surface area (Å²) in [6.07, 6.45) is 5.22. The number of hydrogen-bond donors (Lipinski definition) is 4. The minimum Gasteiger partial charge on any atom is -0.379 e. The van der Waals surface area contributed by atoms with Crippen molar-refractivity contribution in [3.63, 3.8) is 0 Å². The minimum atomic E-state index is -4.53. The molecule has 1 aromatic carbocycles. The molecule has 6 rings (SSSR count). The second kappa shape index (κ2) is 22.8. The molecule has 2 aromatic heterocycles. The average molecular weight is 884 g/mol. The Bertz CT molecular complexity index is 2020. The van der Waals surface area contributed by atoms with E-state index in [1.807, 2.05) is 6.07 Å². The number of likely N-dealkylation sites (tertiary alicyclic amines) is 2. The van der Waals surface area contributed by atoms with E-state index in [0.29, 0.717) is 57.6 Å². The number of carbonyl (C=O) groups excluding carboxylic acids is 5. The van der Waals surface area contributed by atoms with Gasteiger partial charge < -0.3 is 45.3 Å². The maximum Gasteiger partial charge on any atom is 0.416 e. The van der Waals surface area contributed by atoms with Crippen LogP contribution in [0.4, 0.5) is 19.0 Å². The van der Waals surface area contributed by atoms with E-state index in [1.54, 1.807) is 35.3 Å². The highest BCUT2D eigenvalue weighted by molar-refractivity contribution is 5.93. The van der Waals surface area contributed by atoms with Gasteiger partial charge in [0.25, 0.3) is 0 Å². The van der Waals surface area contributed by atoms with Crippen molar-refractivity contribution in [1.29, 1.82) is 0 Å². The van der Waals surface area contributed by atoms with Gasteiger partial charge in [0, 0.05) is 83.4 Å². The highest BCUT2D eigenvalue weighted by Gasteiger charge is 2.42. The van der Waals surface area contributed by atoms with Gasteiger partial charge in [0.2, 0.25) is 29.5 Å². The standard InChI is InChI=1S/C43H56F3N9O8/c1-54-38(58)25-33(39(54)28-4-2-14-47-26-28)41(59)50-17-23-63-31-9-7-30(8-10-31)62-20-3-5-36(56)49-16-22-61-21-13-37(57)48-15-19-55-18-12-35(42(55)60)53-40-32-24-29(43(44,45)46)6-11-34(32)51-27-52-40/h2,4,6,11,14,24,26-27,30-31,33,35,39H,3,5,7-10,12-13,15-23,25H2,1H3,(H,48,57)(H,49,56)(H,50,59)(H,51,52,53)/t30?,31?,33-,35-,39+/m0/s1. The molecule has 1 aliphatic carbocycles. The van der Waals surface area contributed by atoms with Crippen molar-refractivity contribution >= 4 is 46.3 Å². The molecule has 63 heavy (non-hydrogen) atoms. The first kappa shape index (κ1) is 47.0. The first-order chi connectivity index (χ1) is 30.4. The molecule has 3 aliphatic rings. The fourth-order valence-electron chi connectivity index (χ4n) is 8.14. The lowest BCUT2D eigenvalue weighted by Crippen LogP contribution is -2.39. The van der Waals surface area contributed by atoms with Crippen LogP contribution < -0.4 is 21.3 Å². The topological polar surface area (TPSA) is 206 Å². The zero-order chi connectivity index (χ0) is 44.8. The van der Waals surface area contributed by atoms with Crippen molar-refractivity contribution < 1.29 is 51.4 Å². The monoisotopic (exact) mass is 883 g/mol. The van der Waals surface area contributed by atoms with E-state index < -0.39 is 23.7 Å². The van der Waals surface area contributed by atoms with E-state index in [0.717, 1.165) is 43.4 Å². The second-order valence-corrected chi connectivity index (χ2v) is 15.9. The number of pyridine rings is 1. The van der Waals surface area contributed by atoms with Gasteiger partial charge in [-0.15, -0.1) is 0 Å². The summed E-state index contributed by atoms with van der Waals surface area (Å²) in [6.45, 7) is 2.83. The maximum atomic E-state index is 13.3. The van der Waals surface area contributed by atoms with E-state index in [-0.39, 0.29) is 98.1 Å². The number of benzene rings is 1. The Morgan fingerprint density at radius 1 is 0.857 bits per heavy atom. The number of hydrogen-bond acceptors (Lipinski definition) is 12. The molecule has 0 bridgehead atoms. The number of alkyl halides is 3. The number of amides is 5. The molecule has 2 aliphatic heterocycles. The average Bonchev–Trinajstić information content (AvgIpc) is 3.78. The van der Waals surface area contributed by atoms with Crippen LogP contribution in [-0.4, -0.2) is 139 Å². The molecule has 4 N–H and O–H groups in total. The molecule has 1 saturated carbocycles. The fraction of sp³-hybridized carbons (Fsp3) is 0.581. The van der Waals surface area contributed by atoms with Gasteiger partial charge >= 0.3 is 6.18 Å². The first-order valence-electron chi connectivity index (χ1n) is 21.5. The summed E-state index contributed by atoms with van der Waals surface area (Å²) in [4.78, 5) is 78.3. The zero-order valence-electron chi connectivity index (χ0n) is 35.4. The summed E-state index contributed by atoms with van der Waals surface area (Å²) in [6, 6.07) is 5.84. The van der Waals surface area contributed by atoms with Crippen LogP contribution in [0.2, 0.25) is 0 Å². The Morgan fingerprint density at radius 3 is 2.33 bits per heavy atom. The molecule has 2 saturated heterocycles. The van der Waals surface area contributed by atoms with Crippen LogP contribution in [0.15, 0.2) is 49.1 Å². The van der Waals surface area contributed by atoms with E-state index in [9.17, 15) is 37.1 Å². The van der Waals surface area contributed by atoms with Crippen LogP contribution in [0.5, 0.6) is 0 Å². The Hall–Kier alpha value is -5.47. The van der Waals surface area contributed by atoms with E-state index >= 15 is 0 Å². The maximum absolute atomic E-state index is 13.3. The van der Waals surface area contributed by atoms with E-state index in [2.05, 4.69) is 36.2 Å². The van der Waals surface area contributed by atoms with Crippen molar-refractivity contribution in [3.8, 4) is 0 Å². The zero-order valence-corrected chi connectivity index (χ0v) is 35.4. The van der Waals surface area contributed by atoms with Gasteiger partial charge in [-0.2, -0.15) is 13.2 Å². The predicted molar refractivity (Wildman–Crippen MR) is 223 cm³/mol. The molecule has 342 valence electrons. The fourth-order valence-corrected chi connectivity index (χ4v) is 8.14. The smallest absolute Gasteiger partial charge is 0.379 e. The number of nitrogens with one attached hydrogen (secondary N) is 4. The summed E-state index contributed by atoms with van der Waals surface area (Å²) in [5.41, 5.74) is 0.319. The SMILES string of the molecule is CN1C(=O)C[C@H](C(=O)NCCOC2CCC(OCCCC(=O)NCCOCCC(=O)NCCN3CC[C@H](Nc4ncnc5ccc(C(F)(F)F)cc45)C3=O)CC2)[C@H]1c1cccnc1. The van der Waals surface area contributed by atoms with Gasteiger partial charge in [-0.25, -0.2) is 9.97 Å². The lowest BCUT2D eigenvalue weighted by Gasteiger charge is -2.29. The van der Waals surface area contributed by atoms with Gasteiger partial charge in [-0.05, 0) is 68.4 Å². The number of nitrogens with zero attached hydrogens (tertiary/aromatic N) is 5. The number of halogens is 3. The van der Waals surface area contributed by atoms with Gasteiger partial charge in [-0.3, -0.25) is 29.0 Å². The third-order valence-corrected chi connectivity index (χ3v) is 11.5. The van der Waals surface area contributed by atoms with Crippen LogP contribution in [0, 0.1) is 5.92 Å². The molecule has 4 heterocycles. The summed E-state index contributed by atoms with van der Waals surface area (Å²) in [7, 11) is 1.71. The van der Waals surface area contributed by atoms with E-state index in [1.165, 1.54) is 12.4 Å². The van der Waals surface area contributed by atoms with Gasteiger partial charge in [-0.1, -0.05) is 6.07 Å². The predicted octanol–water partition coefficient (Wildman–Crippen LogP) is 3.16. The molecule has 3 fully saturated rings. The van der Waals surface area contributed by atoms with Crippen LogP contribution in [-0.2, 0) is 44.4 Å². The quantitative estimate of drug-likeness (QED) is 0.108. The summed E-state index contributed by atoms with van der Waals surface area (Å²) < 4.78 is 57.4. The largest absolute Gasteiger partial charge is 0.416 e. The molecule has 0 unspecified atom stereocenters. The van der Waals surface area contributed by atoms with Gasteiger partial charge in [0.1, 0.15) is 18.2 Å². The van der Waals surface area contributed by atoms with Crippen LogP contribution in [0.3, 0.4) is 0 Å². The Labute approximate surface area is 363 Å². The molecule has 20 heteroatoms. The van der Waals surface area contributed by atoms with Crippen LogP contribution >= 0.6 is 0 Å². The molecular weight excluding hydrogens is 828 g/mol. The van der Waals surface area contributed by atoms with Crippen molar-refractivity contribution in [3.05, 3.63) is 60.2 Å². The van der Waals surface area contributed by atoms with Gasteiger partial charge in [0.05, 0.1) is 55.1 Å². The number of fused-ring (bicyclic) bond motifs is 1. The number of rotatable bonds is 22. The summed E-state index contributed by atoms with van der Waals surface area (Å²) >= 11 is 0. The molecule has 0 radical (unpaired) electrons. The van der Waals surface area contributed by atoms with Crippen molar-refractivity contribution in [2.45, 2.75) is 88.3 Å². The van der Waals surface area contributed by atoms with Crippen molar-refractivity contribution in [2.75, 3.05) is 71.5 Å². The molecule has 3 atom stereocenters. The lowest BCUT2D eigenvalue weighted by atomic mass is 9.94. The number of aromatic nitrogens is 3. The Kier molecular flexibility index (Phi) is 17.0. The Morgan fingerprint density at radius 2 is 1.59 bits per heavy atom. The first-order valence-corrected chi connectivity index (χ1v) is 21.5. The molecule has 0 spiro atoms. The molecular formula is C43H56F3N9O8. The van der Waals surface area contributed by atoms with E-state index in [4.69, 9.17) is 14.2 Å². The highest BCUT2D eigenvalue weighted by Crippen LogP contribution is 2.37. The molecule has 17 nitrogen and oxygen atoms in total. The second-order valence-electron chi connectivity index (χ2n) is 15.9. The van der Waals surface area contributed by atoms with Gasteiger partial charge in [0.15, 0.2) is 0 Å². The molecule has 5 amide bonds. The summed E-state index contributed by atoms with van der Waals surface area (Å²) in [5, 5.41) is 11.6. The van der Waals surface area contributed by atoms with Crippen LogP contribution in [0.1, 0.15) is 75.0 Å². The highest BCUT2D eigenvalue weighted by atomic mass is 19.4. The van der Waals surface area contributed by atoms with Crippen LogP contribution in [0.25, 0.3) is 10.9 Å². The Balaban J connectivity index is 0.735. The summed E-state index contributed by atoms with van der Waals surface area (Å²) in [5.74, 6) is -1.18. The number of anilines is 1. The van der Waals surface area contributed by atoms with Crippen molar-refractivity contribution in [2.24, 2.45) is 5.92 Å². The minimum absolute atomic E-state index is 0.0689. The van der Waals surface area contributed by atoms with Crippen molar-refractivity contribution in [1.82, 2.24) is 40.7 Å². The lowest BCUT2D eigenvalue weighted by molar-refractivity contribution is -0.137.